The number of phenols is 2. The highest BCUT2D eigenvalue weighted by Crippen LogP contribution is 2.67. The Morgan fingerprint density at radius 3 is 2.14 bits per heavy atom. The molecule has 6 nitrogen and oxygen atoms in total. The standard InChI is InChI=1S/C38H52O6/c1-22(2)11-13-27(25(7)8)20-37-21-28(15-12-23(3)4)36(9,10)38(35(37)44,18-17-24(5)6)34(43)31(33(37)42)32(41)26-14-16-29(39)30(40)19-26/h12,14,16-17,19,27-28,31,33,39-40,42H,1,7,11,13,15,18,20-21H2,2-6,8-10H3/t27-,28-,31-,33+,37+,38-/m1/s1. The lowest BCUT2D eigenvalue weighted by Crippen LogP contribution is -2.73. The fourth-order valence-corrected chi connectivity index (χ4v) is 7.63. The maximum atomic E-state index is 15.2. The van der Waals surface area contributed by atoms with Crippen LogP contribution in [0.2, 0.25) is 0 Å². The zero-order valence-corrected chi connectivity index (χ0v) is 27.9. The van der Waals surface area contributed by atoms with E-state index >= 15 is 4.79 Å². The summed E-state index contributed by atoms with van der Waals surface area (Å²) in [5.41, 5.74) is 0.180. The van der Waals surface area contributed by atoms with E-state index in [4.69, 9.17) is 0 Å². The second-order valence-corrected chi connectivity index (χ2v) is 14.6. The molecular weight excluding hydrogens is 552 g/mol. The van der Waals surface area contributed by atoms with E-state index < -0.39 is 51.3 Å². The molecule has 0 heterocycles. The topological polar surface area (TPSA) is 112 Å². The fourth-order valence-electron chi connectivity index (χ4n) is 7.63. The van der Waals surface area contributed by atoms with Crippen LogP contribution in [-0.4, -0.2) is 38.8 Å². The summed E-state index contributed by atoms with van der Waals surface area (Å²) in [5, 5.41) is 32.4. The number of aromatic hydroxyl groups is 2. The Hall–Kier alpha value is -3.25. The molecule has 1 aromatic rings. The van der Waals surface area contributed by atoms with Gasteiger partial charge in [-0.3, -0.25) is 14.4 Å². The zero-order valence-electron chi connectivity index (χ0n) is 27.9. The van der Waals surface area contributed by atoms with Crippen LogP contribution in [-0.2, 0) is 9.59 Å². The Kier molecular flexibility index (Phi) is 10.4. The van der Waals surface area contributed by atoms with Gasteiger partial charge < -0.3 is 15.3 Å². The number of allylic oxidation sites excluding steroid dienone is 6. The molecule has 0 aliphatic heterocycles. The molecule has 6 heteroatoms. The van der Waals surface area contributed by atoms with Gasteiger partial charge >= 0.3 is 0 Å². The smallest absolute Gasteiger partial charge is 0.176 e. The van der Waals surface area contributed by atoms with E-state index in [0.717, 1.165) is 34.8 Å². The number of rotatable bonds is 12. The highest BCUT2D eigenvalue weighted by atomic mass is 16.3. The maximum Gasteiger partial charge on any atom is 0.176 e. The largest absolute Gasteiger partial charge is 0.504 e. The van der Waals surface area contributed by atoms with E-state index in [1.807, 2.05) is 61.5 Å². The van der Waals surface area contributed by atoms with Crippen molar-refractivity contribution in [2.45, 2.75) is 100 Å². The molecule has 2 bridgehead atoms. The van der Waals surface area contributed by atoms with Crippen molar-refractivity contribution < 1.29 is 29.7 Å². The summed E-state index contributed by atoms with van der Waals surface area (Å²) in [5.74, 6) is -4.19. The van der Waals surface area contributed by atoms with Crippen molar-refractivity contribution in [3.05, 3.63) is 71.4 Å². The Bertz CT molecular complexity index is 1400. The van der Waals surface area contributed by atoms with Crippen LogP contribution in [0.15, 0.2) is 65.8 Å². The predicted octanol–water partition coefficient (Wildman–Crippen LogP) is 8.08. The lowest BCUT2D eigenvalue weighted by atomic mass is 9.37. The minimum absolute atomic E-state index is 0.00438. The van der Waals surface area contributed by atoms with Crippen molar-refractivity contribution in [1.29, 1.82) is 0 Å². The number of Topliss-reactive ketones (excluding diaryl/α,β-unsaturated/α-hetero) is 3. The summed E-state index contributed by atoms with van der Waals surface area (Å²) in [4.78, 5) is 44.4. The van der Waals surface area contributed by atoms with Crippen LogP contribution in [0.25, 0.3) is 0 Å². The van der Waals surface area contributed by atoms with Crippen molar-refractivity contribution in [2.24, 2.45) is 34.0 Å². The molecule has 1 aromatic carbocycles. The molecule has 3 N–H and O–H groups in total. The first kappa shape index (κ1) is 35.2. The fraction of sp³-hybridized carbons (Fsp3) is 0.553. The normalized spacial score (nSPS) is 28.2. The Morgan fingerprint density at radius 1 is 1.00 bits per heavy atom. The first-order valence-corrected chi connectivity index (χ1v) is 15.7. The summed E-state index contributed by atoms with van der Waals surface area (Å²) >= 11 is 0. The number of ketones is 3. The van der Waals surface area contributed by atoms with E-state index in [2.05, 4.69) is 19.2 Å². The summed E-state index contributed by atoms with van der Waals surface area (Å²) in [6.45, 7) is 24.0. The number of aliphatic hydroxyl groups excluding tert-OH is 1. The summed E-state index contributed by atoms with van der Waals surface area (Å²) in [6, 6.07) is 3.65. The molecule has 0 amide bonds. The quantitative estimate of drug-likeness (QED) is 0.0962. The molecule has 240 valence electrons. The molecule has 0 radical (unpaired) electrons. The monoisotopic (exact) mass is 604 g/mol. The Labute approximate surface area is 263 Å². The van der Waals surface area contributed by atoms with Crippen molar-refractivity contribution in [2.75, 3.05) is 0 Å². The second kappa shape index (κ2) is 13.0. The predicted molar refractivity (Wildman–Crippen MR) is 175 cm³/mol. The molecule has 2 aliphatic carbocycles. The van der Waals surface area contributed by atoms with Gasteiger partial charge in [-0.1, -0.05) is 54.9 Å². The molecule has 2 aliphatic rings. The van der Waals surface area contributed by atoms with Gasteiger partial charge in [0.25, 0.3) is 0 Å². The van der Waals surface area contributed by atoms with E-state index in [1.54, 1.807) is 0 Å². The molecule has 0 spiro atoms. The van der Waals surface area contributed by atoms with Crippen molar-refractivity contribution in [1.82, 2.24) is 0 Å². The average molecular weight is 605 g/mol. The Morgan fingerprint density at radius 2 is 1.61 bits per heavy atom. The number of hydrogen-bond donors (Lipinski definition) is 3. The number of phenolic OH excluding ortho intramolecular Hbond substituents is 2. The summed E-state index contributed by atoms with van der Waals surface area (Å²) < 4.78 is 0. The number of carbonyl (C=O) groups is 3. The molecule has 0 saturated heterocycles. The van der Waals surface area contributed by atoms with Gasteiger partial charge in [-0.05, 0) is 116 Å². The Balaban J connectivity index is 2.37. The van der Waals surface area contributed by atoms with Crippen molar-refractivity contribution in [3.63, 3.8) is 0 Å². The highest BCUT2D eigenvalue weighted by molar-refractivity contribution is 6.23. The van der Waals surface area contributed by atoms with Gasteiger partial charge in [0.15, 0.2) is 28.8 Å². The first-order valence-electron chi connectivity index (χ1n) is 15.7. The molecule has 3 rings (SSSR count). The summed E-state index contributed by atoms with van der Waals surface area (Å²) in [7, 11) is 0. The third-order valence-electron chi connectivity index (χ3n) is 10.6. The molecular formula is C38H52O6. The van der Waals surface area contributed by atoms with E-state index in [-0.39, 0.29) is 36.0 Å². The molecule has 2 saturated carbocycles. The van der Waals surface area contributed by atoms with Crippen LogP contribution in [0.3, 0.4) is 0 Å². The van der Waals surface area contributed by atoms with Crippen LogP contribution in [0.4, 0.5) is 0 Å². The molecule has 44 heavy (non-hydrogen) atoms. The van der Waals surface area contributed by atoms with Gasteiger partial charge in [0.2, 0.25) is 0 Å². The third-order valence-corrected chi connectivity index (χ3v) is 10.6. The van der Waals surface area contributed by atoms with Crippen LogP contribution < -0.4 is 0 Å². The molecule has 6 atom stereocenters. The third kappa shape index (κ3) is 6.15. The van der Waals surface area contributed by atoms with Gasteiger partial charge in [0.05, 0.1) is 16.9 Å². The van der Waals surface area contributed by atoms with E-state index in [9.17, 15) is 24.9 Å². The average Bonchev–Trinajstić information content (AvgIpc) is 2.91. The van der Waals surface area contributed by atoms with Gasteiger partial charge in [-0.2, -0.15) is 0 Å². The maximum absolute atomic E-state index is 15.2. The number of aliphatic hydroxyl groups is 1. The SMILES string of the molecule is C=C(C)CC[C@H](C[C@]12C[C@@H](CC=C(C)C)C(C)(C)[C@](CC=C(C)C)(C(=O)[C@H](C(=O)c3ccc(O)c(O)c3)[C@@H]1O)C2=O)C(=C)C. The number of fused-ring (bicyclic) bond motifs is 2. The highest BCUT2D eigenvalue weighted by Gasteiger charge is 2.75. The lowest BCUT2D eigenvalue weighted by Gasteiger charge is -2.64. The van der Waals surface area contributed by atoms with Crippen LogP contribution in [0.5, 0.6) is 11.5 Å². The van der Waals surface area contributed by atoms with Gasteiger partial charge in [-0.25, -0.2) is 0 Å². The van der Waals surface area contributed by atoms with Crippen LogP contribution >= 0.6 is 0 Å². The number of hydrogen-bond acceptors (Lipinski definition) is 6. The van der Waals surface area contributed by atoms with Gasteiger partial charge in [-0.15, -0.1) is 6.58 Å². The minimum atomic E-state index is -1.57. The first-order chi connectivity index (χ1) is 20.3. The number of carbonyl (C=O) groups excluding carboxylic acids is 3. The molecule has 0 aromatic heterocycles. The zero-order chi connectivity index (χ0) is 33.4. The second-order valence-electron chi connectivity index (χ2n) is 14.6. The lowest BCUT2D eigenvalue weighted by molar-refractivity contribution is -0.198. The molecule has 2 fully saturated rings. The van der Waals surface area contributed by atoms with E-state index in [0.29, 0.717) is 19.3 Å². The van der Waals surface area contributed by atoms with Crippen molar-refractivity contribution >= 4 is 17.3 Å². The summed E-state index contributed by atoms with van der Waals surface area (Å²) in [6.07, 6.45) is 5.26. The van der Waals surface area contributed by atoms with E-state index in [1.165, 1.54) is 12.1 Å². The van der Waals surface area contributed by atoms with Crippen LogP contribution in [0.1, 0.15) is 104 Å². The minimum Gasteiger partial charge on any atom is -0.504 e. The van der Waals surface area contributed by atoms with Gasteiger partial charge in [0.1, 0.15) is 5.92 Å². The van der Waals surface area contributed by atoms with Crippen LogP contribution in [0, 0.1) is 34.0 Å². The molecule has 0 unspecified atom stereocenters. The van der Waals surface area contributed by atoms with Gasteiger partial charge in [0, 0.05) is 5.56 Å². The number of benzene rings is 1. The van der Waals surface area contributed by atoms with Crippen molar-refractivity contribution in [3.8, 4) is 11.5 Å².